The molecule has 1 aliphatic carbocycles. The summed E-state index contributed by atoms with van der Waals surface area (Å²) < 4.78 is 56.0. The SMILES string of the molecule is CC(C)(C)c1cc2c3c(c1)Cc1cc(C(C)(C)C)cc(c1OCc1ccccn1)Cc1cc(C(C)(C)C)cc(c1OCc1ccccn1)Cc1cc(C(C)(C)C)cc(c1OCCOCCOc1ccc4ccccc4c1-c1c(ccc4ccccc14)OCCOCCO3)C2. The molecule has 10 nitrogen and oxygen atoms in total. The third kappa shape index (κ3) is 15.1. The summed E-state index contributed by atoms with van der Waals surface area (Å²) in [6.45, 7) is 30.7. The highest BCUT2D eigenvalue weighted by molar-refractivity contribution is 6.09. The lowest BCUT2D eigenvalue weighted by atomic mass is 9.79. The predicted molar refractivity (Wildman–Crippen MR) is 379 cm³/mol. The molecule has 8 aromatic carbocycles. The van der Waals surface area contributed by atoms with Gasteiger partial charge in [0.25, 0.3) is 0 Å². The summed E-state index contributed by atoms with van der Waals surface area (Å²) in [7, 11) is 0. The van der Waals surface area contributed by atoms with E-state index >= 15 is 0 Å². The van der Waals surface area contributed by atoms with Gasteiger partial charge in [0, 0.05) is 49.2 Å². The van der Waals surface area contributed by atoms with Gasteiger partial charge in [-0.2, -0.15) is 0 Å². The minimum Gasteiger partial charge on any atom is -0.491 e. The molecule has 0 radical (unpaired) electrons. The Hall–Kier alpha value is -8.70. The molecule has 0 saturated carbocycles. The Bertz CT molecular complexity index is 4040. The molecular formula is C84H92N2O8. The Morgan fingerprint density at radius 1 is 0.330 bits per heavy atom. The summed E-state index contributed by atoms with van der Waals surface area (Å²) in [5, 5.41) is 4.34. The van der Waals surface area contributed by atoms with Crippen LogP contribution in [0.2, 0.25) is 0 Å². The molecule has 486 valence electrons. The summed E-state index contributed by atoms with van der Waals surface area (Å²) in [5.41, 5.74) is 16.0. The van der Waals surface area contributed by atoms with E-state index in [0.717, 1.165) is 123 Å². The predicted octanol–water partition coefficient (Wildman–Crippen LogP) is 18.7. The van der Waals surface area contributed by atoms with Gasteiger partial charge in [0.15, 0.2) is 0 Å². The number of benzene rings is 8. The fourth-order valence-corrected chi connectivity index (χ4v) is 12.9. The van der Waals surface area contributed by atoms with Crippen LogP contribution in [-0.4, -0.2) is 62.8 Å². The molecule has 0 fully saturated rings. The number of nitrogens with zero attached hydrogens (tertiary/aromatic N) is 2. The maximum atomic E-state index is 7.34. The normalized spacial score (nSPS) is 14.6. The van der Waals surface area contributed by atoms with Crippen LogP contribution in [0.3, 0.4) is 0 Å². The van der Waals surface area contributed by atoms with Crippen molar-refractivity contribution in [2.45, 2.75) is 144 Å². The topological polar surface area (TPSA) is 99.6 Å². The smallest absolute Gasteiger partial charge is 0.130 e. The fourth-order valence-electron chi connectivity index (χ4n) is 12.9. The van der Waals surface area contributed by atoms with E-state index in [2.05, 4.69) is 204 Å². The number of fused-ring (bicyclic) bond motifs is 11. The average Bonchev–Trinajstić information content (AvgIpc) is 0.768. The van der Waals surface area contributed by atoms with Crippen LogP contribution >= 0.6 is 0 Å². The maximum Gasteiger partial charge on any atom is 0.130 e. The molecule has 0 unspecified atom stereocenters. The Balaban J connectivity index is 1.05. The standard InChI is InChI=1S/C84H92N2O8/c1-81(2,3)65-45-57-41-58-46-66(82(4,5)6)48-60-43-62-50-68(84(10,11)12)52-64(80(62)94-54-70-24-18-20-32-86-70)44-63-51-67(83(7,8)9)49-61(79(63)93-53-69-23-17-19-31-85-69)42-59(47-65)77(57)91-39-35-87-33-37-89-73-29-27-55-21-13-15-25-71(55)75(73)76-72-26-16-14-22-56(72)28-30-74(76)90-38-34-88-36-40-92-78(58)60/h13-32,45-52H,33-44,53-54H2,1-12H3. The van der Waals surface area contributed by atoms with E-state index in [1.165, 1.54) is 22.3 Å². The highest BCUT2D eigenvalue weighted by Gasteiger charge is 2.31. The molecule has 2 aliphatic rings. The van der Waals surface area contributed by atoms with Gasteiger partial charge < -0.3 is 37.9 Å². The van der Waals surface area contributed by atoms with Crippen LogP contribution in [0.15, 0.2) is 170 Å². The first-order chi connectivity index (χ1) is 45.1. The number of rotatable bonds is 6. The van der Waals surface area contributed by atoms with Gasteiger partial charge in [-0.15, -0.1) is 0 Å². The second kappa shape index (κ2) is 27.7. The monoisotopic (exact) mass is 1260 g/mol. The number of hydrogen-bond acceptors (Lipinski definition) is 10. The average molecular weight is 1260 g/mol. The Morgan fingerprint density at radius 3 is 0.979 bits per heavy atom. The largest absolute Gasteiger partial charge is 0.491 e. The highest BCUT2D eigenvalue weighted by Crippen LogP contribution is 2.48. The number of hydrogen-bond donors (Lipinski definition) is 0. The van der Waals surface area contributed by atoms with Crippen LogP contribution in [0.1, 0.15) is 161 Å². The number of pyridine rings is 2. The molecule has 0 N–H and O–H groups in total. The summed E-state index contributed by atoms with van der Waals surface area (Å²) in [6.07, 6.45) is 5.71. The van der Waals surface area contributed by atoms with Gasteiger partial charge >= 0.3 is 0 Å². The number of aromatic nitrogens is 2. The van der Waals surface area contributed by atoms with Gasteiger partial charge in [0.2, 0.25) is 0 Å². The second-order valence-electron chi connectivity index (χ2n) is 29.4. The summed E-state index contributed by atoms with van der Waals surface area (Å²) in [4.78, 5) is 9.54. The van der Waals surface area contributed by atoms with Gasteiger partial charge in [-0.1, -0.05) is 204 Å². The molecule has 10 aromatic rings. The third-order valence-electron chi connectivity index (χ3n) is 18.1. The minimum atomic E-state index is -0.235. The van der Waals surface area contributed by atoms with Crippen molar-refractivity contribution < 1.29 is 37.9 Å². The van der Waals surface area contributed by atoms with Crippen molar-refractivity contribution >= 4 is 21.5 Å². The van der Waals surface area contributed by atoms with Gasteiger partial charge in [-0.3, -0.25) is 9.97 Å². The maximum absolute atomic E-state index is 7.34. The Morgan fingerprint density at radius 2 is 0.638 bits per heavy atom. The van der Waals surface area contributed by atoms with Crippen molar-refractivity contribution in [2.24, 2.45) is 0 Å². The second-order valence-corrected chi connectivity index (χ2v) is 29.4. The van der Waals surface area contributed by atoms with Crippen LogP contribution in [0.4, 0.5) is 0 Å². The lowest BCUT2D eigenvalue weighted by molar-refractivity contribution is 0.0760. The quantitative estimate of drug-likeness (QED) is 0.160. The van der Waals surface area contributed by atoms with Crippen LogP contribution in [0.5, 0.6) is 34.5 Å². The molecule has 10 bridgehead atoms. The molecule has 0 saturated heterocycles. The van der Waals surface area contributed by atoms with Gasteiger partial charge in [0.1, 0.15) is 74.1 Å². The minimum absolute atomic E-state index is 0.229. The van der Waals surface area contributed by atoms with Crippen molar-refractivity contribution in [3.8, 4) is 45.6 Å². The molecule has 12 rings (SSSR count). The van der Waals surface area contributed by atoms with E-state index < -0.39 is 0 Å². The molecule has 0 atom stereocenters. The lowest BCUT2D eigenvalue weighted by Gasteiger charge is -2.29. The Kier molecular flexibility index (Phi) is 19.3. The zero-order valence-corrected chi connectivity index (χ0v) is 57.2. The zero-order valence-electron chi connectivity index (χ0n) is 57.2. The fraction of sp³-hybridized carbons (Fsp3) is 0.357. The van der Waals surface area contributed by atoms with Crippen LogP contribution in [-0.2, 0) is 70.0 Å². The molecular weight excluding hydrogens is 1160 g/mol. The first kappa shape index (κ1) is 65.4. The van der Waals surface area contributed by atoms with E-state index in [1.807, 2.05) is 48.8 Å². The van der Waals surface area contributed by atoms with Crippen LogP contribution in [0.25, 0.3) is 32.7 Å². The zero-order chi connectivity index (χ0) is 65.8. The number of ether oxygens (including phenoxy) is 8. The van der Waals surface area contributed by atoms with Crippen LogP contribution in [0, 0.1) is 0 Å². The molecule has 2 aromatic heterocycles. The summed E-state index contributed by atoms with van der Waals surface area (Å²) in [6, 6.07) is 56.3. The van der Waals surface area contributed by atoms with E-state index in [4.69, 9.17) is 47.9 Å². The first-order valence-electron chi connectivity index (χ1n) is 33.5. The van der Waals surface area contributed by atoms with Gasteiger partial charge in [0.05, 0.1) is 37.8 Å². The highest BCUT2D eigenvalue weighted by atomic mass is 16.6. The molecule has 94 heavy (non-hydrogen) atoms. The summed E-state index contributed by atoms with van der Waals surface area (Å²) in [5.74, 6) is 4.80. The van der Waals surface area contributed by atoms with Crippen LogP contribution < -0.4 is 28.4 Å². The van der Waals surface area contributed by atoms with E-state index in [9.17, 15) is 0 Å². The van der Waals surface area contributed by atoms with Crippen molar-refractivity contribution in [3.05, 3.63) is 248 Å². The van der Waals surface area contributed by atoms with E-state index in [1.54, 1.807) is 0 Å². The summed E-state index contributed by atoms with van der Waals surface area (Å²) >= 11 is 0. The van der Waals surface area contributed by atoms with Crippen molar-refractivity contribution in [1.82, 2.24) is 9.97 Å². The molecule has 1 aliphatic heterocycles. The van der Waals surface area contributed by atoms with Gasteiger partial charge in [-0.25, -0.2) is 0 Å². The molecule has 3 heterocycles. The van der Waals surface area contributed by atoms with Crippen molar-refractivity contribution in [2.75, 3.05) is 52.9 Å². The van der Waals surface area contributed by atoms with E-state index in [0.29, 0.717) is 78.5 Å². The molecule has 10 heteroatoms. The van der Waals surface area contributed by atoms with Gasteiger partial charge in [-0.05, 0) is 146 Å². The Labute approximate surface area is 556 Å². The molecule has 0 amide bonds. The lowest BCUT2D eigenvalue weighted by Crippen LogP contribution is -2.19. The molecule has 0 spiro atoms. The van der Waals surface area contributed by atoms with Crippen molar-refractivity contribution in [1.29, 1.82) is 0 Å². The van der Waals surface area contributed by atoms with E-state index in [-0.39, 0.29) is 34.9 Å². The first-order valence-corrected chi connectivity index (χ1v) is 33.5. The van der Waals surface area contributed by atoms with Crippen molar-refractivity contribution in [3.63, 3.8) is 0 Å². The third-order valence-corrected chi connectivity index (χ3v) is 18.1.